The lowest BCUT2D eigenvalue weighted by molar-refractivity contribution is 0.130. The van der Waals surface area contributed by atoms with Crippen LogP contribution in [0.25, 0.3) is 0 Å². The quantitative estimate of drug-likeness (QED) is 0.840. The Labute approximate surface area is 154 Å². The van der Waals surface area contributed by atoms with E-state index in [0.717, 1.165) is 25.0 Å². The van der Waals surface area contributed by atoms with Crippen LogP contribution in [0.4, 0.5) is 4.39 Å². The van der Waals surface area contributed by atoms with Gasteiger partial charge in [0.05, 0.1) is 13.2 Å². The fourth-order valence-electron chi connectivity index (χ4n) is 3.56. The topological polar surface area (TPSA) is 41.5 Å². The molecule has 0 aliphatic carbocycles. The highest BCUT2D eigenvalue weighted by Crippen LogP contribution is 2.33. The predicted octanol–water partition coefficient (Wildman–Crippen LogP) is 4.04. The molecule has 0 saturated carbocycles. The Bertz CT molecular complexity index is 694. The van der Waals surface area contributed by atoms with Crippen LogP contribution in [0.2, 0.25) is 0 Å². The first kappa shape index (κ1) is 19.7. The Morgan fingerprint density at radius 1 is 1.28 bits per heavy atom. The van der Waals surface area contributed by atoms with Crippen molar-refractivity contribution in [2.45, 2.75) is 43.9 Å². The van der Waals surface area contributed by atoms with Gasteiger partial charge >= 0.3 is 0 Å². The molecule has 1 fully saturated rings. The molecule has 2 aromatic rings. The molecule has 0 aromatic heterocycles. The Morgan fingerprint density at radius 2 is 2.00 bits per heavy atom. The standard InChI is InChI=1S/C20H24FNO2.ClH/c1-20(13-14-6-8-17(24-2)9-7-14)11-10-18(22-20)19(23)15-4-3-5-16(21)12-15;/h3-9,12,18-19,22-23H,10-11,13H2,1-2H3;1H/t18-,19+,20-;/m1./s1. The first-order valence-electron chi connectivity index (χ1n) is 8.33. The van der Waals surface area contributed by atoms with Crippen LogP contribution in [-0.2, 0) is 6.42 Å². The van der Waals surface area contributed by atoms with Crippen molar-refractivity contribution in [1.29, 1.82) is 0 Å². The lowest BCUT2D eigenvalue weighted by Gasteiger charge is -2.28. The second kappa shape index (κ2) is 8.17. The van der Waals surface area contributed by atoms with Crippen molar-refractivity contribution in [1.82, 2.24) is 5.32 Å². The largest absolute Gasteiger partial charge is 0.497 e. The summed E-state index contributed by atoms with van der Waals surface area (Å²) >= 11 is 0. The van der Waals surface area contributed by atoms with E-state index in [0.29, 0.717) is 5.56 Å². The fourth-order valence-corrected chi connectivity index (χ4v) is 3.56. The highest BCUT2D eigenvalue weighted by molar-refractivity contribution is 5.85. The van der Waals surface area contributed by atoms with Crippen LogP contribution < -0.4 is 10.1 Å². The van der Waals surface area contributed by atoms with Gasteiger partial charge in [-0.15, -0.1) is 12.4 Å². The third-order valence-corrected chi connectivity index (χ3v) is 4.87. The van der Waals surface area contributed by atoms with Gasteiger partial charge in [-0.2, -0.15) is 0 Å². The molecule has 3 rings (SSSR count). The molecule has 1 aliphatic rings. The van der Waals surface area contributed by atoms with Gasteiger partial charge in [-0.05, 0) is 61.6 Å². The molecule has 0 bridgehead atoms. The monoisotopic (exact) mass is 365 g/mol. The molecular weight excluding hydrogens is 341 g/mol. The summed E-state index contributed by atoms with van der Waals surface area (Å²) in [4.78, 5) is 0. The lowest BCUT2D eigenvalue weighted by atomic mass is 9.91. The minimum absolute atomic E-state index is 0. The van der Waals surface area contributed by atoms with Crippen LogP contribution in [0.5, 0.6) is 5.75 Å². The van der Waals surface area contributed by atoms with Gasteiger partial charge in [-0.25, -0.2) is 4.39 Å². The molecule has 0 radical (unpaired) electrons. The number of halogens is 2. The zero-order valence-corrected chi connectivity index (χ0v) is 15.4. The molecule has 0 unspecified atom stereocenters. The highest BCUT2D eigenvalue weighted by atomic mass is 35.5. The van der Waals surface area contributed by atoms with Crippen molar-refractivity contribution in [2.24, 2.45) is 0 Å². The molecule has 2 N–H and O–H groups in total. The molecule has 2 aromatic carbocycles. The lowest BCUT2D eigenvalue weighted by Crippen LogP contribution is -2.44. The van der Waals surface area contributed by atoms with Crippen molar-refractivity contribution in [3.8, 4) is 5.75 Å². The van der Waals surface area contributed by atoms with Crippen molar-refractivity contribution in [3.63, 3.8) is 0 Å². The first-order chi connectivity index (χ1) is 11.5. The summed E-state index contributed by atoms with van der Waals surface area (Å²) in [5.41, 5.74) is 1.78. The summed E-state index contributed by atoms with van der Waals surface area (Å²) in [6.07, 6.45) is 2.02. The van der Waals surface area contributed by atoms with E-state index in [4.69, 9.17) is 4.74 Å². The zero-order chi connectivity index (χ0) is 17.2. The van der Waals surface area contributed by atoms with Gasteiger partial charge in [0.1, 0.15) is 11.6 Å². The Hall–Kier alpha value is -1.62. The fraction of sp³-hybridized carbons (Fsp3) is 0.400. The van der Waals surface area contributed by atoms with Crippen LogP contribution >= 0.6 is 12.4 Å². The maximum absolute atomic E-state index is 13.4. The predicted molar refractivity (Wildman–Crippen MR) is 99.9 cm³/mol. The third kappa shape index (κ3) is 4.72. The second-order valence-electron chi connectivity index (χ2n) is 6.87. The highest BCUT2D eigenvalue weighted by Gasteiger charge is 2.37. The van der Waals surface area contributed by atoms with Crippen molar-refractivity contribution < 1.29 is 14.2 Å². The van der Waals surface area contributed by atoms with Crippen molar-refractivity contribution >= 4 is 12.4 Å². The summed E-state index contributed by atoms with van der Waals surface area (Å²) < 4.78 is 18.6. The van der Waals surface area contributed by atoms with Gasteiger partial charge < -0.3 is 15.2 Å². The van der Waals surface area contributed by atoms with Gasteiger partial charge in [-0.1, -0.05) is 24.3 Å². The minimum Gasteiger partial charge on any atom is -0.497 e. The molecule has 3 nitrogen and oxygen atoms in total. The Balaban J connectivity index is 0.00000225. The minimum atomic E-state index is -0.696. The van der Waals surface area contributed by atoms with E-state index in [1.54, 1.807) is 19.2 Å². The van der Waals surface area contributed by atoms with Gasteiger partial charge in [0.25, 0.3) is 0 Å². The van der Waals surface area contributed by atoms with Crippen LogP contribution in [-0.4, -0.2) is 23.8 Å². The maximum atomic E-state index is 13.4. The van der Waals surface area contributed by atoms with E-state index in [1.807, 2.05) is 12.1 Å². The van der Waals surface area contributed by atoms with Crippen LogP contribution in [0.15, 0.2) is 48.5 Å². The van der Waals surface area contributed by atoms with Crippen molar-refractivity contribution in [3.05, 3.63) is 65.5 Å². The molecule has 25 heavy (non-hydrogen) atoms. The number of nitrogens with one attached hydrogen (secondary N) is 1. The van der Waals surface area contributed by atoms with Gasteiger partial charge in [0, 0.05) is 11.6 Å². The van der Waals surface area contributed by atoms with E-state index in [1.165, 1.54) is 17.7 Å². The summed E-state index contributed by atoms with van der Waals surface area (Å²) in [7, 11) is 1.66. The van der Waals surface area contributed by atoms with Crippen LogP contribution in [0.3, 0.4) is 0 Å². The summed E-state index contributed by atoms with van der Waals surface area (Å²) in [5.74, 6) is 0.535. The summed E-state index contributed by atoms with van der Waals surface area (Å²) in [6.45, 7) is 2.18. The number of aliphatic hydroxyl groups excluding tert-OH is 1. The van der Waals surface area contributed by atoms with Crippen molar-refractivity contribution in [2.75, 3.05) is 7.11 Å². The third-order valence-electron chi connectivity index (χ3n) is 4.87. The van der Waals surface area contributed by atoms with E-state index < -0.39 is 6.10 Å². The van der Waals surface area contributed by atoms with E-state index in [2.05, 4.69) is 24.4 Å². The number of ether oxygens (including phenoxy) is 1. The number of hydrogen-bond donors (Lipinski definition) is 2. The number of benzene rings is 2. The molecule has 5 heteroatoms. The second-order valence-corrected chi connectivity index (χ2v) is 6.87. The average molecular weight is 366 g/mol. The van der Waals surface area contributed by atoms with E-state index >= 15 is 0 Å². The molecule has 0 spiro atoms. The average Bonchev–Trinajstić information content (AvgIpc) is 2.97. The normalized spacial score (nSPS) is 23.8. The Morgan fingerprint density at radius 3 is 2.64 bits per heavy atom. The molecule has 136 valence electrons. The molecular formula is C20H25ClFNO2. The Kier molecular flexibility index (Phi) is 6.44. The van der Waals surface area contributed by atoms with Gasteiger partial charge in [0.15, 0.2) is 0 Å². The van der Waals surface area contributed by atoms with E-state index in [9.17, 15) is 9.50 Å². The number of aliphatic hydroxyl groups is 1. The number of rotatable bonds is 5. The summed E-state index contributed by atoms with van der Waals surface area (Å²) in [5, 5.41) is 14.1. The maximum Gasteiger partial charge on any atom is 0.123 e. The number of methoxy groups -OCH3 is 1. The number of hydrogen-bond acceptors (Lipinski definition) is 3. The smallest absolute Gasteiger partial charge is 0.123 e. The summed E-state index contributed by atoms with van der Waals surface area (Å²) in [6, 6.07) is 14.2. The molecule has 1 saturated heterocycles. The van der Waals surface area contributed by atoms with Gasteiger partial charge in [-0.3, -0.25) is 0 Å². The molecule has 1 aliphatic heterocycles. The van der Waals surface area contributed by atoms with Crippen LogP contribution in [0, 0.1) is 5.82 Å². The molecule has 0 amide bonds. The SMILES string of the molecule is COc1ccc(C[C@@]2(C)CC[C@H]([C@@H](O)c3cccc(F)c3)N2)cc1.Cl. The van der Waals surface area contributed by atoms with E-state index in [-0.39, 0.29) is 29.8 Å². The zero-order valence-electron chi connectivity index (χ0n) is 14.5. The molecule has 3 atom stereocenters. The van der Waals surface area contributed by atoms with Crippen LogP contribution in [0.1, 0.15) is 37.0 Å². The van der Waals surface area contributed by atoms with Gasteiger partial charge in [0.2, 0.25) is 0 Å². The molecule has 1 heterocycles. The first-order valence-corrected chi connectivity index (χ1v) is 8.33.